The summed E-state index contributed by atoms with van der Waals surface area (Å²) in [6, 6.07) is 14.5. The van der Waals surface area contributed by atoms with Gasteiger partial charge >= 0.3 is 6.03 Å². The molecule has 1 spiro atoms. The van der Waals surface area contributed by atoms with Crippen LogP contribution in [0.4, 0.5) is 16.2 Å². The van der Waals surface area contributed by atoms with Crippen molar-refractivity contribution >= 4 is 34.9 Å². The molecule has 7 heteroatoms. The Morgan fingerprint density at radius 1 is 1.15 bits per heavy atom. The SMILES string of the molecule is CN1c2ccccc2C(=O)NC12CCN(C(=O)Nc1cccc(Cl)c1)CC2. The van der Waals surface area contributed by atoms with Gasteiger partial charge in [-0.05, 0) is 30.3 Å². The minimum Gasteiger partial charge on any atom is -0.351 e. The molecule has 3 amide bonds. The topological polar surface area (TPSA) is 64.7 Å². The van der Waals surface area contributed by atoms with E-state index in [0.717, 1.165) is 5.69 Å². The van der Waals surface area contributed by atoms with E-state index in [0.29, 0.717) is 42.2 Å². The highest BCUT2D eigenvalue weighted by atomic mass is 35.5. The molecule has 0 unspecified atom stereocenters. The summed E-state index contributed by atoms with van der Waals surface area (Å²) in [6.45, 7) is 1.11. The Labute approximate surface area is 163 Å². The lowest BCUT2D eigenvalue weighted by Gasteiger charge is -2.51. The van der Waals surface area contributed by atoms with Gasteiger partial charge in [-0.25, -0.2) is 4.79 Å². The molecule has 2 aromatic rings. The molecule has 0 bridgehead atoms. The number of amides is 3. The number of benzene rings is 2. The Hall–Kier alpha value is -2.73. The summed E-state index contributed by atoms with van der Waals surface area (Å²) in [4.78, 5) is 29.0. The van der Waals surface area contributed by atoms with Gasteiger partial charge in [-0.2, -0.15) is 0 Å². The lowest BCUT2D eigenvalue weighted by Crippen LogP contribution is -2.67. The molecule has 0 saturated carbocycles. The van der Waals surface area contributed by atoms with Crippen molar-refractivity contribution in [1.82, 2.24) is 10.2 Å². The van der Waals surface area contributed by atoms with Gasteiger partial charge in [0, 0.05) is 43.7 Å². The summed E-state index contributed by atoms with van der Waals surface area (Å²) in [5, 5.41) is 6.63. The molecule has 2 aliphatic heterocycles. The zero-order valence-electron chi connectivity index (χ0n) is 15.0. The molecule has 1 fully saturated rings. The fourth-order valence-electron chi connectivity index (χ4n) is 3.86. The monoisotopic (exact) mass is 384 g/mol. The molecule has 0 aromatic heterocycles. The summed E-state index contributed by atoms with van der Waals surface area (Å²) < 4.78 is 0. The average Bonchev–Trinajstić information content (AvgIpc) is 2.67. The van der Waals surface area contributed by atoms with Gasteiger partial charge in [0.1, 0.15) is 5.66 Å². The van der Waals surface area contributed by atoms with E-state index in [4.69, 9.17) is 11.6 Å². The first-order valence-corrected chi connectivity index (χ1v) is 9.33. The molecule has 2 aliphatic rings. The van der Waals surface area contributed by atoms with E-state index in [1.165, 1.54) is 0 Å². The molecule has 2 aromatic carbocycles. The number of urea groups is 1. The highest BCUT2D eigenvalue weighted by Gasteiger charge is 2.44. The first kappa shape index (κ1) is 17.7. The molecule has 0 atom stereocenters. The van der Waals surface area contributed by atoms with Crippen molar-refractivity contribution in [3.05, 3.63) is 59.1 Å². The maximum Gasteiger partial charge on any atom is 0.321 e. The number of halogens is 1. The van der Waals surface area contributed by atoms with Crippen LogP contribution in [-0.4, -0.2) is 42.6 Å². The highest BCUT2D eigenvalue weighted by Crippen LogP contribution is 2.36. The normalized spacial score (nSPS) is 18.1. The Kier molecular flexibility index (Phi) is 4.44. The van der Waals surface area contributed by atoms with Gasteiger partial charge < -0.3 is 20.4 Å². The Bertz CT molecular complexity index is 893. The molecular weight excluding hydrogens is 364 g/mol. The predicted molar refractivity (Wildman–Crippen MR) is 106 cm³/mol. The highest BCUT2D eigenvalue weighted by molar-refractivity contribution is 6.30. The maximum absolute atomic E-state index is 12.6. The Morgan fingerprint density at radius 2 is 1.89 bits per heavy atom. The number of nitrogens with one attached hydrogen (secondary N) is 2. The molecule has 1 saturated heterocycles. The second-order valence-corrected chi connectivity index (χ2v) is 7.43. The summed E-state index contributed by atoms with van der Waals surface area (Å²) in [5.41, 5.74) is 1.83. The molecule has 2 N–H and O–H groups in total. The van der Waals surface area contributed by atoms with Gasteiger partial charge in [-0.15, -0.1) is 0 Å². The van der Waals surface area contributed by atoms with E-state index in [-0.39, 0.29) is 11.9 Å². The third kappa shape index (κ3) is 3.21. The van der Waals surface area contributed by atoms with E-state index >= 15 is 0 Å². The smallest absolute Gasteiger partial charge is 0.321 e. The summed E-state index contributed by atoms with van der Waals surface area (Å²) >= 11 is 5.97. The van der Waals surface area contributed by atoms with Crippen LogP contribution >= 0.6 is 11.6 Å². The summed E-state index contributed by atoms with van der Waals surface area (Å²) in [5.74, 6) is -0.0551. The van der Waals surface area contributed by atoms with E-state index < -0.39 is 5.66 Å². The second kappa shape index (κ2) is 6.78. The van der Waals surface area contributed by atoms with Gasteiger partial charge in [-0.3, -0.25) is 4.79 Å². The van der Waals surface area contributed by atoms with Crippen molar-refractivity contribution in [3.63, 3.8) is 0 Å². The number of hydrogen-bond acceptors (Lipinski definition) is 3. The minimum atomic E-state index is -0.460. The van der Waals surface area contributed by atoms with Crippen molar-refractivity contribution in [2.24, 2.45) is 0 Å². The van der Waals surface area contributed by atoms with Crippen molar-refractivity contribution in [2.75, 3.05) is 30.4 Å². The van der Waals surface area contributed by atoms with Crippen LogP contribution in [0.15, 0.2) is 48.5 Å². The molecule has 0 aliphatic carbocycles. The van der Waals surface area contributed by atoms with Crippen LogP contribution < -0.4 is 15.5 Å². The number of anilines is 2. The number of nitrogens with zero attached hydrogens (tertiary/aromatic N) is 2. The van der Waals surface area contributed by atoms with Crippen molar-refractivity contribution < 1.29 is 9.59 Å². The number of carbonyl (C=O) groups excluding carboxylic acids is 2. The number of piperidine rings is 1. The van der Waals surface area contributed by atoms with Gasteiger partial charge in [0.15, 0.2) is 0 Å². The van der Waals surface area contributed by atoms with E-state index in [1.807, 2.05) is 31.3 Å². The van der Waals surface area contributed by atoms with E-state index in [2.05, 4.69) is 15.5 Å². The average molecular weight is 385 g/mol. The largest absolute Gasteiger partial charge is 0.351 e. The number of fused-ring (bicyclic) bond motifs is 1. The zero-order valence-corrected chi connectivity index (χ0v) is 15.8. The van der Waals surface area contributed by atoms with Crippen LogP contribution in [0.5, 0.6) is 0 Å². The number of likely N-dealkylation sites (tertiary alicyclic amines) is 1. The fourth-order valence-corrected chi connectivity index (χ4v) is 4.05. The van der Waals surface area contributed by atoms with E-state index in [9.17, 15) is 9.59 Å². The minimum absolute atomic E-state index is 0.0551. The van der Waals surface area contributed by atoms with Crippen LogP contribution in [0.25, 0.3) is 0 Å². The first-order valence-electron chi connectivity index (χ1n) is 8.95. The number of para-hydroxylation sites is 1. The van der Waals surface area contributed by atoms with Gasteiger partial charge in [0.25, 0.3) is 5.91 Å². The Morgan fingerprint density at radius 3 is 2.63 bits per heavy atom. The Balaban J connectivity index is 1.46. The quantitative estimate of drug-likeness (QED) is 0.790. The molecule has 4 rings (SSSR count). The van der Waals surface area contributed by atoms with Crippen LogP contribution in [0, 0.1) is 0 Å². The van der Waals surface area contributed by atoms with Crippen LogP contribution in [0.2, 0.25) is 5.02 Å². The van der Waals surface area contributed by atoms with Gasteiger partial charge in [0.05, 0.1) is 11.3 Å². The summed E-state index contributed by atoms with van der Waals surface area (Å²) in [6.07, 6.45) is 1.32. The molecule has 27 heavy (non-hydrogen) atoms. The second-order valence-electron chi connectivity index (χ2n) is 6.99. The third-order valence-electron chi connectivity index (χ3n) is 5.45. The van der Waals surface area contributed by atoms with Crippen molar-refractivity contribution in [2.45, 2.75) is 18.5 Å². The maximum atomic E-state index is 12.6. The molecule has 0 radical (unpaired) electrons. The zero-order chi connectivity index (χ0) is 19.0. The lowest BCUT2D eigenvalue weighted by molar-refractivity contribution is 0.0815. The third-order valence-corrected chi connectivity index (χ3v) is 5.69. The summed E-state index contributed by atoms with van der Waals surface area (Å²) in [7, 11) is 2.00. The number of hydrogen-bond donors (Lipinski definition) is 2. The molecular formula is C20H21ClN4O2. The number of rotatable bonds is 1. The standard InChI is InChI=1S/C20H21ClN4O2/c1-24-17-8-3-2-7-16(17)18(26)23-20(24)9-11-25(12-10-20)19(27)22-15-6-4-5-14(21)13-15/h2-8,13H,9-12H2,1H3,(H,22,27)(H,23,26). The molecule has 140 valence electrons. The molecule has 2 heterocycles. The van der Waals surface area contributed by atoms with Crippen molar-refractivity contribution in [3.8, 4) is 0 Å². The number of carbonyl (C=O) groups is 2. The van der Waals surface area contributed by atoms with Crippen LogP contribution in [0.3, 0.4) is 0 Å². The molecule has 6 nitrogen and oxygen atoms in total. The van der Waals surface area contributed by atoms with Crippen LogP contribution in [0.1, 0.15) is 23.2 Å². The predicted octanol–water partition coefficient (Wildman–Crippen LogP) is 3.54. The van der Waals surface area contributed by atoms with Crippen LogP contribution in [-0.2, 0) is 0 Å². The fraction of sp³-hybridized carbons (Fsp3) is 0.300. The first-order chi connectivity index (χ1) is 13.0. The van der Waals surface area contributed by atoms with Crippen molar-refractivity contribution in [1.29, 1.82) is 0 Å². The van der Waals surface area contributed by atoms with E-state index in [1.54, 1.807) is 29.2 Å². The lowest BCUT2D eigenvalue weighted by atomic mass is 9.90. The van der Waals surface area contributed by atoms with Gasteiger partial charge in [-0.1, -0.05) is 29.8 Å². The van der Waals surface area contributed by atoms with Gasteiger partial charge in [0.2, 0.25) is 0 Å².